The molecule has 2 aromatic rings. The van der Waals surface area contributed by atoms with Gasteiger partial charge in [0.05, 0.1) is 11.7 Å². The van der Waals surface area contributed by atoms with Crippen LogP contribution in [-0.4, -0.2) is 23.9 Å². The molecule has 0 fully saturated rings. The van der Waals surface area contributed by atoms with E-state index in [0.717, 1.165) is 11.1 Å². The second-order valence-corrected chi connectivity index (χ2v) is 5.69. The van der Waals surface area contributed by atoms with Crippen LogP contribution in [0.5, 0.6) is 0 Å². The molecular weight excluding hydrogens is 298 g/mol. The van der Waals surface area contributed by atoms with Gasteiger partial charge in [-0.15, -0.1) is 0 Å². The third-order valence-electron chi connectivity index (χ3n) is 3.74. The normalized spacial score (nSPS) is 12.3. The van der Waals surface area contributed by atoms with Gasteiger partial charge in [0.2, 0.25) is 5.91 Å². The van der Waals surface area contributed by atoms with E-state index >= 15 is 0 Å². The lowest BCUT2D eigenvalue weighted by Crippen LogP contribution is -2.39. The first-order valence-corrected chi connectivity index (χ1v) is 7.38. The fourth-order valence-corrected chi connectivity index (χ4v) is 2.22. The molecule has 0 bridgehead atoms. The van der Waals surface area contributed by atoms with Gasteiger partial charge in [0.15, 0.2) is 0 Å². The van der Waals surface area contributed by atoms with E-state index in [0.29, 0.717) is 6.54 Å². The number of carbonyl (C=O) groups is 1. The fraction of sp³-hybridized carbons (Fsp3) is 0.278. The number of nitrogens with zero attached hydrogens (tertiary/aromatic N) is 1. The minimum absolute atomic E-state index is 0.159. The topological polar surface area (TPSA) is 32.3 Å². The van der Waals surface area contributed by atoms with Gasteiger partial charge in [-0.2, -0.15) is 0 Å². The zero-order valence-electron chi connectivity index (χ0n) is 13.4. The molecule has 0 aliphatic heterocycles. The minimum Gasteiger partial charge on any atom is -0.322 e. The lowest BCUT2D eigenvalue weighted by molar-refractivity contribution is -0.120. The van der Waals surface area contributed by atoms with Crippen molar-refractivity contribution in [3.63, 3.8) is 0 Å². The van der Waals surface area contributed by atoms with E-state index in [-0.39, 0.29) is 17.4 Å². The first-order chi connectivity index (χ1) is 10.9. The maximum atomic E-state index is 13.8. The number of nitrogens with one attached hydrogen (secondary N) is 1. The number of amides is 1. The summed E-state index contributed by atoms with van der Waals surface area (Å²) in [4.78, 5) is 14.0. The van der Waals surface area contributed by atoms with Gasteiger partial charge < -0.3 is 5.32 Å². The lowest BCUT2D eigenvalue weighted by Gasteiger charge is -2.24. The van der Waals surface area contributed by atoms with E-state index in [1.807, 2.05) is 0 Å². The van der Waals surface area contributed by atoms with Crippen LogP contribution in [0.4, 0.5) is 14.5 Å². The number of hydrogen-bond acceptors (Lipinski definition) is 2. The van der Waals surface area contributed by atoms with Gasteiger partial charge in [-0.25, -0.2) is 8.78 Å². The molecule has 0 aliphatic carbocycles. The molecule has 2 aromatic carbocycles. The monoisotopic (exact) mass is 318 g/mol. The van der Waals surface area contributed by atoms with E-state index in [1.54, 1.807) is 50.1 Å². The summed E-state index contributed by atoms with van der Waals surface area (Å²) >= 11 is 0. The predicted octanol–water partition coefficient (Wildman–Crippen LogP) is 3.73. The van der Waals surface area contributed by atoms with E-state index in [1.165, 1.54) is 18.2 Å². The van der Waals surface area contributed by atoms with E-state index in [9.17, 15) is 13.6 Å². The molecule has 3 nitrogen and oxygen atoms in total. The SMILES string of the molecule is Cc1ccc(NC(=O)C(C)N(C)Cc2cccc(F)c2)c(F)c1. The van der Waals surface area contributed by atoms with Gasteiger partial charge in [0, 0.05) is 6.54 Å². The average Bonchev–Trinajstić information content (AvgIpc) is 2.49. The number of anilines is 1. The quantitative estimate of drug-likeness (QED) is 0.911. The van der Waals surface area contributed by atoms with Crippen molar-refractivity contribution in [1.82, 2.24) is 4.90 Å². The van der Waals surface area contributed by atoms with Crippen LogP contribution in [-0.2, 0) is 11.3 Å². The highest BCUT2D eigenvalue weighted by Gasteiger charge is 2.19. The molecule has 5 heteroatoms. The molecule has 0 aromatic heterocycles. The van der Waals surface area contributed by atoms with Gasteiger partial charge in [0.1, 0.15) is 11.6 Å². The second-order valence-electron chi connectivity index (χ2n) is 5.69. The van der Waals surface area contributed by atoms with E-state index in [2.05, 4.69) is 5.32 Å². The van der Waals surface area contributed by atoms with Crippen molar-refractivity contribution >= 4 is 11.6 Å². The van der Waals surface area contributed by atoms with Crippen LogP contribution in [0.3, 0.4) is 0 Å². The summed E-state index contributed by atoms with van der Waals surface area (Å²) in [7, 11) is 1.76. The van der Waals surface area contributed by atoms with Gasteiger partial charge in [-0.05, 0) is 56.3 Å². The molecule has 0 saturated heterocycles. The zero-order chi connectivity index (χ0) is 17.0. The predicted molar refractivity (Wildman–Crippen MR) is 87.1 cm³/mol. The number of rotatable bonds is 5. The molecule has 1 atom stereocenters. The maximum Gasteiger partial charge on any atom is 0.241 e. The Morgan fingerprint density at radius 2 is 1.96 bits per heavy atom. The van der Waals surface area contributed by atoms with Crippen molar-refractivity contribution in [2.75, 3.05) is 12.4 Å². The Hall–Kier alpha value is -2.27. The molecule has 122 valence electrons. The Balaban J connectivity index is 2.01. The molecule has 0 aliphatic rings. The molecule has 0 heterocycles. The number of carbonyl (C=O) groups excluding carboxylic acids is 1. The summed E-state index contributed by atoms with van der Waals surface area (Å²) < 4.78 is 27.0. The highest BCUT2D eigenvalue weighted by atomic mass is 19.1. The first-order valence-electron chi connectivity index (χ1n) is 7.38. The number of benzene rings is 2. The van der Waals surface area contributed by atoms with Crippen molar-refractivity contribution in [1.29, 1.82) is 0 Å². The van der Waals surface area contributed by atoms with Crippen LogP contribution in [0.15, 0.2) is 42.5 Å². The van der Waals surface area contributed by atoms with E-state index in [4.69, 9.17) is 0 Å². The summed E-state index contributed by atoms with van der Waals surface area (Å²) in [6.45, 7) is 3.92. The van der Waals surface area contributed by atoms with Gasteiger partial charge in [-0.1, -0.05) is 18.2 Å². The standard InChI is InChI=1S/C18H20F2N2O/c1-12-7-8-17(16(20)9-12)21-18(23)13(2)22(3)11-14-5-4-6-15(19)10-14/h4-10,13H,11H2,1-3H3,(H,21,23). The summed E-state index contributed by atoms with van der Waals surface area (Å²) in [5.41, 5.74) is 1.72. The largest absolute Gasteiger partial charge is 0.322 e. The third-order valence-corrected chi connectivity index (χ3v) is 3.74. The lowest BCUT2D eigenvalue weighted by atomic mass is 10.1. The van der Waals surface area contributed by atoms with Crippen LogP contribution < -0.4 is 5.32 Å². The Kier molecular flexibility index (Phi) is 5.45. The Morgan fingerprint density at radius 1 is 1.22 bits per heavy atom. The smallest absolute Gasteiger partial charge is 0.241 e. The Bertz CT molecular complexity index is 703. The molecule has 1 amide bonds. The third kappa shape index (κ3) is 4.60. The Labute approximate surface area is 134 Å². The van der Waals surface area contributed by atoms with Crippen LogP contribution in [0.2, 0.25) is 0 Å². The molecule has 23 heavy (non-hydrogen) atoms. The van der Waals surface area contributed by atoms with Crippen LogP contribution in [0.1, 0.15) is 18.1 Å². The fourth-order valence-electron chi connectivity index (χ4n) is 2.22. The van der Waals surface area contributed by atoms with Crippen LogP contribution >= 0.6 is 0 Å². The zero-order valence-corrected chi connectivity index (χ0v) is 13.4. The van der Waals surface area contributed by atoms with Crippen molar-refractivity contribution < 1.29 is 13.6 Å². The number of halogens is 2. The molecule has 0 spiro atoms. The highest BCUT2D eigenvalue weighted by Crippen LogP contribution is 2.16. The van der Waals surface area contributed by atoms with Gasteiger partial charge in [-0.3, -0.25) is 9.69 Å². The number of hydrogen-bond donors (Lipinski definition) is 1. The summed E-state index contributed by atoms with van der Waals surface area (Å²) in [6, 6.07) is 10.4. The van der Waals surface area contributed by atoms with E-state index < -0.39 is 11.9 Å². The van der Waals surface area contributed by atoms with Gasteiger partial charge in [0.25, 0.3) is 0 Å². The highest BCUT2D eigenvalue weighted by molar-refractivity contribution is 5.94. The van der Waals surface area contributed by atoms with Crippen molar-refractivity contribution in [3.05, 3.63) is 65.2 Å². The van der Waals surface area contributed by atoms with Crippen molar-refractivity contribution in [2.24, 2.45) is 0 Å². The minimum atomic E-state index is -0.487. The summed E-state index contributed by atoms with van der Waals surface area (Å²) in [5, 5.41) is 2.59. The number of aryl methyl sites for hydroxylation is 1. The molecule has 0 radical (unpaired) electrons. The molecule has 1 unspecified atom stereocenters. The summed E-state index contributed by atoms with van der Waals surface area (Å²) in [6.07, 6.45) is 0. The Morgan fingerprint density at radius 3 is 2.61 bits per heavy atom. The van der Waals surface area contributed by atoms with Crippen LogP contribution in [0, 0.1) is 18.6 Å². The molecule has 1 N–H and O–H groups in total. The average molecular weight is 318 g/mol. The van der Waals surface area contributed by atoms with Crippen molar-refractivity contribution in [3.8, 4) is 0 Å². The molecule has 2 rings (SSSR count). The van der Waals surface area contributed by atoms with Crippen molar-refractivity contribution in [2.45, 2.75) is 26.4 Å². The van der Waals surface area contributed by atoms with Gasteiger partial charge >= 0.3 is 0 Å². The molecular formula is C18H20F2N2O. The molecule has 0 saturated carbocycles. The second kappa shape index (κ2) is 7.33. The number of likely N-dealkylation sites (N-methyl/N-ethyl adjacent to an activating group) is 1. The van der Waals surface area contributed by atoms with Crippen LogP contribution in [0.25, 0.3) is 0 Å². The maximum absolute atomic E-state index is 13.8. The first kappa shape index (κ1) is 17.1. The summed E-state index contributed by atoms with van der Waals surface area (Å²) in [5.74, 6) is -1.08.